The van der Waals surface area contributed by atoms with E-state index in [1.54, 1.807) is 0 Å². The van der Waals surface area contributed by atoms with E-state index in [1.807, 2.05) is 0 Å². The third-order valence-corrected chi connectivity index (χ3v) is 2.11. The minimum absolute atomic E-state index is 0.140. The summed E-state index contributed by atoms with van der Waals surface area (Å²) in [5, 5.41) is 0.350. The van der Waals surface area contributed by atoms with Gasteiger partial charge in [-0.2, -0.15) is 8.42 Å². The highest BCUT2D eigenvalue weighted by Gasteiger charge is 2.28. The number of nitrogens with zero attached hydrogens (tertiary/aromatic N) is 1. The first-order chi connectivity index (χ1) is 6.40. The number of hydrogen-bond donors (Lipinski definition) is 0. The first-order valence-electron chi connectivity index (χ1n) is 4.15. The molecule has 2 amide bonds. The molecule has 6 nitrogen and oxygen atoms in total. The highest BCUT2D eigenvalue weighted by Crippen LogP contribution is 2.13. The average molecular weight is 221 g/mol. The Bertz CT molecular complexity index is 329. The molecule has 0 atom stereocenters. The molecule has 0 spiro atoms. The molecule has 0 aliphatic carbocycles. The van der Waals surface area contributed by atoms with Crippen LogP contribution in [0.25, 0.3) is 0 Å². The van der Waals surface area contributed by atoms with Crippen LogP contribution in [0, 0.1) is 0 Å². The van der Waals surface area contributed by atoms with Crippen LogP contribution in [0.1, 0.15) is 25.7 Å². The third-order valence-electron chi connectivity index (χ3n) is 1.69. The Labute approximate surface area is 81.9 Å². The third kappa shape index (κ3) is 3.08. The Kier molecular flexibility index (Phi) is 3.22. The van der Waals surface area contributed by atoms with Gasteiger partial charge >= 0.3 is 0 Å². The van der Waals surface area contributed by atoms with Crippen LogP contribution in [0.4, 0.5) is 0 Å². The highest BCUT2D eigenvalue weighted by atomic mass is 32.2. The fourth-order valence-corrected chi connectivity index (χ4v) is 1.55. The molecule has 1 saturated heterocycles. The topological polar surface area (TPSA) is 80.8 Å². The predicted molar refractivity (Wildman–Crippen MR) is 46.2 cm³/mol. The van der Waals surface area contributed by atoms with E-state index >= 15 is 0 Å². The standard InChI is InChI=1S/C7H11NO5S/c1-14(11,12)13-8-6(9)4-2-3-5-7(8)10/h2-5H2,1H3. The number of carbonyl (C=O) groups is 2. The summed E-state index contributed by atoms with van der Waals surface area (Å²) >= 11 is 0. The maximum Gasteiger partial charge on any atom is 0.285 e. The molecule has 1 rings (SSSR count). The van der Waals surface area contributed by atoms with Gasteiger partial charge in [-0.1, -0.05) is 0 Å². The van der Waals surface area contributed by atoms with Crippen LogP contribution in [0.3, 0.4) is 0 Å². The summed E-state index contributed by atoms with van der Waals surface area (Å²) in [4.78, 5) is 22.4. The second kappa shape index (κ2) is 4.05. The van der Waals surface area contributed by atoms with Gasteiger partial charge in [0.15, 0.2) is 0 Å². The van der Waals surface area contributed by atoms with Gasteiger partial charge < -0.3 is 0 Å². The van der Waals surface area contributed by atoms with Crippen molar-refractivity contribution < 1.29 is 22.3 Å². The van der Waals surface area contributed by atoms with Crippen molar-refractivity contribution >= 4 is 21.9 Å². The Morgan fingerprint density at radius 1 is 1.14 bits per heavy atom. The largest absolute Gasteiger partial charge is 0.285 e. The minimum atomic E-state index is -3.82. The molecule has 0 saturated carbocycles. The molecule has 0 aromatic carbocycles. The average Bonchev–Trinajstić information content (AvgIpc) is 2.17. The van der Waals surface area contributed by atoms with Crippen LogP contribution in [-0.2, 0) is 24.0 Å². The van der Waals surface area contributed by atoms with Crippen molar-refractivity contribution in [1.29, 1.82) is 0 Å². The predicted octanol–water partition coefficient (Wildman–Crippen LogP) is -0.193. The summed E-state index contributed by atoms with van der Waals surface area (Å²) in [5.74, 6) is -1.20. The summed E-state index contributed by atoms with van der Waals surface area (Å²) in [6.07, 6.45) is 2.23. The molecular formula is C7H11NO5S. The molecule has 0 bridgehead atoms. The molecule has 1 aliphatic heterocycles. The van der Waals surface area contributed by atoms with Crippen molar-refractivity contribution in [1.82, 2.24) is 5.06 Å². The highest BCUT2D eigenvalue weighted by molar-refractivity contribution is 7.85. The van der Waals surface area contributed by atoms with E-state index in [9.17, 15) is 18.0 Å². The van der Waals surface area contributed by atoms with Crippen LogP contribution in [-0.4, -0.2) is 31.6 Å². The molecule has 0 N–H and O–H groups in total. The van der Waals surface area contributed by atoms with E-state index in [0.717, 1.165) is 6.26 Å². The molecule has 0 unspecified atom stereocenters. The lowest BCUT2D eigenvalue weighted by atomic mass is 10.2. The number of hydroxylamine groups is 2. The molecule has 0 aromatic rings. The number of amides is 2. The number of hydrogen-bond acceptors (Lipinski definition) is 5. The van der Waals surface area contributed by atoms with E-state index in [-0.39, 0.29) is 12.8 Å². The second-order valence-corrected chi connectivity index (χ2v) is 4.62. The smallest absolute Gasteiger partial charge is 0.272 e. The van der Waals surface area contributed by atoms with Gasteiger partial charge in [0.1, 0.15) is 0 Å². The number of carbonyl (C=O) groups excluding carboxylic acids is 2. The van der Waals surface area contributed by atoms with Crippen molar-refractivity contribution in [3.05, 3.63) is 0 Å². The fraction of sp³-hybridized carbons (Fsp3) is 0.714. The van der Waals surface area contributed by atoms with Crippen LogP contribution in [0.5, 0.6) is 0 Å². The Morgan fingerprint density at radius 2 is 1.57 bits per heavy atom. The monoisotopic (exact) mass is 221 g/mol. The van der Waals surface area contributed by atoms with Crippen molar-refractivity contribution in [3.63, 3.8) is 0 Å². The molecule has 14 heavy (non-hydrogen) atoms. The van der Waals surface area contributed by atoms with Crippen molar-refractivity contribution in [2.24, 2.45) is 0 Å². The summed E-state index contributed by atoms with van der Waals surface area (Å²) in [6.45, 7) is 0. The molecule has 1 heterocycles. The first-order valence-corrected chi connectivity index (χ1v) is 5.97. The SMILES string of the molecule is CS(=O)(=O)ON1C(=O)CCCCC1=O. The Balaban J connectivity index is 2.81. The summed E-state index contributed by atoms with van der Waals surface area (Å²) < 4.78 is 25.8. The van der Waals surface area contributed by atoms with E-state index in [4.69, 9.17) is 0 Å². The van der Waals surface area contributed by atoms with Crippen LogP contribution in [0.2, 0.25) is 0 Å². The van der Waals surface area contributed by atoms with Gasteiger partial charge in [0.05, 0.1) is 6.26 Å². The van der Waals surface area contributed by atoms with Gasteiger partial charge in [0, 0.05) is 12.8 Å². The zero-order chi connectivity index (χ0) is 10.8. The number of rotatable bonds is 2. The van der Waals surface area contributed by atoms with E-state index < -0.39 is 21.9 Å². The maximum absolute atomic E-state index is 11.2. The summed E-state index contributed by atoms with van der Waals surface area (Å²) in [5.41, 5.74) is 0. The van der Waals surface area contributed by atoms with Crippen molar-refractivity contribution in [2.75, 3.05) is 6.26 Å². The van der Waals surface area contributed by atoms with Crippen LogP contribution in [0.15, 0.2) is 0 Å². The fourth-order valence-electron chi connectivity index (χ4n) is 1.11. The Morgan fingerprint density at radius 3 is 1.93 bits per heavy atom. The minimum Gasteiger partial charge on any atom is -0.272 e. The van der Waals surface area contributed by atoms with Gasteiger partial charge in [-0.3, -0.25) is 9.59 Å². The lowest BCUT2D eigenvalue weighted by Gasteiger charge is -2.14. The molecule has 7 heteroatoms. The van der Waals surface area contributed by atoms with Crippen LogP contribution >= 0.6 is 0 Å². The summed E-state index contributed by atoms with van der Waals surface area (Å²) in [6, 6.07) is 0. The summed E-state index contributed by atoms with van der Waals surface area (Å²) in [7, 11) is -3.82. The lowest BCUT2D eigenvalue weighted by Crippen LogP contribution is -2.36. The molecular weight excluding hydrogens is 210 g/mol. The van der Waals surface area contributed by atoms with Gasteiger partial charge in [0.25, 0.3) is 21.9 Å². The molecule has 0 radical (unpaired) electrons. The number of imide groups is 1. The molecule has 1 fully saturated rings. The van der Waals surface area contributed by atoms with Gasteiger partial charge in [-0.05, 0) is 12.8 Å². The van der Waals surface area contributed by atoms with Gasteiger partial charge in [-0.15, -0.1) is 9.35 Å². The van der Waals surface area contributed by atoms with Crippen molar-refractivity contribution in [2.45, 2.75) is 25.7 Å². The van der Waals surface area contributed by atoms with Crippen molar-refractivity contribution in [3.8, 4) is 0 Å². The van der Waals surface area contributed by atoms with Gasteiger partial charge in [0.2, 0.25) is 0 Å². The molecule has 0 aromatic heterocycles. The lowest BCUT2D eigenvalue weighted by molar-refractivity contribution is -0.170. The first kappa shape index (κ1) is 11.1. The van der Waals surface area contributed by atoms with E-state index in [2.05, 4.69) is 4.28 Å². The Hall–Kier alpha value is -0.950. The second-order valence-electron chi connectivity index (χ2n) is 3.07. The maximum atomic E-state index is 11.2. The molecule has 1 aliphatic rings. The zero-order valence-electron chi connectivity index (χ0n) is 7.73. The van der Waals surface area contributed by atoms with Gasteiger partial charge in [-0.25, -0.2) is 0 Å². The normalized spacial score (nSPS) is 19.6. The van der Waals surface area contributed by atoms with Crippen LogP contribution < -0.4 is 0 Å². The molecule has 80 valence electrons. The quantitative estimate of drug-likeness (QED) is 0.603. The zero-order valence-corrected chi connectivity index (χ0v) is 8.54. The van der Waals surface area contributed by atoms with E-state index in [1.165, 1.54) is 0 Å². The van der Waals surface area contributed by atoms with E-state index in [0.29, 0.717) is 17.9 Å².